The number of allylic oxidation sites excluding steroid dienone is 9. The Kier molecular flexibility index (Phi) is 6.21. The normalized spacial score (nSPS) is 27.6. The zero-order valence-corrected chi connectivity index (χ0v) is 16.3. The van der Waals surface area contributed by atoms with E-state index < -0.39 is 0 Å². The third-order valence-corrected chi connectivity index (χ3v) is 5.61. The van der Waals surface area contributed by atoms with Crippen LogP contribution >= 0.6 is 0 Å². The van der Waals surface area contributed by atoms with Gasteiger partial charge in [0.05, 0.1) is 5.70 Å². The van der Waals surface area contributed by atoms with E-state index in [1.165, 1.54) is 16.9 Å². The van der Waals surface area contributed by atoms with Crippen molar-refractivity contribution in [2.45, 2.75) is 60.8 Å². The van der Waals surface area contributed by atoms with Crippen molar-refractivity contribution in [3.05, 3.63) is 59.4 Å². The number of nitrogens with zero attached hydrogens (tertiary/aromatic N) is 1. The minimum absolute atomic E-state index is 0.182. The van der Waals surface area contributed by atoms with Gasteiger partial charge in [0.15, 0.2) is 0 Å². The highest BCUT2D eigenvalue weighted by atomic mass is 14.8. The van der Waals surface area contributed by atoms with E-state index in [1.54, 1.807) is 0 Å². The number of aliphatic imine (C=N–C) groups is 1. The van der Waals surface area contributed by atoms with Gasteiger partial charge in [-0.05, 0) is 68.4 Å². The Balaban J connectivity index is 2.37. The first-order valence-electron chi connectivity index (χ1n) is 9.36. The lowest BCUT2D eigenvalue weighted by atomic mass is 9.67. The van der Waals surface area contributed by atoms with Crippen LogP contribution < -0.4 is 0 Å². The molecule has 0 N–H and O–H groups in total. The van der Waals surface area contributed by atoms with E-state index >= 15 is 0 Å². The minimum Gasteiger partial charge on any atom is -0.254 e. The molecule has 1 heteroatoms. The molecule has 0 amide bonds. The number of rotatable bonds is 5. The highest BCUT2D eigenvalue weighted by molar-refractivity contribution is 6.00. The lowest BCUT2D eigenvalue weighted by molar-refractivity contribution is 0.289. The van der Waals surface area contributed by atoms with Gasteiger partial charge in [-0.1, -0.05) is 63.3 Å². The van der Waals surface area contributed by atoms with Crippen molar-refractivity contribution in [3.63, 3.8) is 0 Å². The largest absolute Gasteiger partial charge is 0.254 e. The molecule has 0 fully saturated rings. The fraction of sp³-hybridized carbons (Fsp3) is 0.522. The molecule has 3 unspecified atom stereocenters. The van der Waals surface area contributed by atoms with E-state index in [4.69, 9.17) is 4.99 Å². The summed E-state index contributed by atoms with van der Waals surface area (Å²) in [7, 11) is 0. The van der Waals surface area contributed by atoms with Crippen LogP contribution in [0, 0.1) is 17.3 Å². The van der Waals surface area contributed by atoms with Crippen LogP contribution in [0.2, 0.25) is 0 Å². The number of hydrogen-bond donors (Lipinski definition) is 0. The predicted octanol–water partition coefficient (Wildman–Crippen LogP) is 6.81. The summed E-state index contributed by atoms with van der Waals surface area (Å²) in [5.74, 6) is 1.08. The molecule has 130 valence electrons. The van der Waals surface area contributed by atoms with Crippen molar-refractivity contribution >= 4 is 5.71 Å². The monoisotopic (exact) mass is 323 g/mol. The van der Waals surface area contributed by atoms with Crippen molar-refractivity contribution < 1.29 is 0 Å². The van der Waals surface area contributed by atoms with Gasteiger partial charge in [0.25, 0.3) is 0 Å². The van der Waals surface area contributed by atoms with Crippen LogP contribution in [0.3, 0.4) is 0 Å². The smallest absolute Gasteiger partial charge is 0.0621 e. The van der Waals surface area contributed by atoms with Gasteiger partial charge in [-0.25, -0.2) is 0 Å². The van der Waals surface area contributed by atoms with Gasteiger partial charge >= 0.3 is 0 Å². The van der Waals surface area contributed by atoms with Gasteiger partial charge in [0.1, 0.15) is 0 Å². The third-order valence-electron chi connectivity index (χ3n) is 5.61. The molecule has 2 rings (SSSR count). The summed E-state index contributed by atoms with van der Waals surface area (Å²) >= 11 is 0. The Labute approximate surface area is 148 Å². The average molecular weight is 324 g/mol. The van der Waals surface area contributed by atoms with Crippen molar-refractivity contribution in [1.82, 2.24) is 0 Å². The molecule has 0 radical (unpaired) electrons. The standard InChI is InChI=1S/C23H33N/c1-7-15-23(6,8-2)21-12-10-9-11-20(21)19(5)24-22-16-17(3)13-14-18(22)4/h7,9-11,14-17,21H,8,12-13H2,1-6H3. The second kappa shape index (κ2) is 7.96. The van der Waals surface area contributed by atoms with Crippen LogP contribution in [-0.4, -0.2) is 5.71 Å². The van der Waals surface area contributed by atoms with Crippen LogP contribution in [0.5, 0.6) is 0 Å². The summed E-state index contributed by atoms with van der Waals surface area (Å²) < 4.78 is 0. The van der Waals surface area contributed by atoms with Gasteiger partial charge < -0.3 is 0 Å². The van der Waals surface area contributed by atoms with Crippen molar-refractivity contribution in [2.24, 2.45) is 22.2 Å². The summed E-state index contributed by atoms with van der Waals surface area (Å²) in [6.07, 6.45) is 19.3. The SMILES string of the molecule is CC=CC(C)(CC)C1CC=CC=C1C(C)=NC1=CC(C)CC=C1C. The lowest BCUT2D eigenvalue weighted by Gasteiger charge is -2.37. The molecule has 0 heterocycles. The Morgan fingerprint density at radius 2 is 2.12 bits per heavy atom. The molecule has 0 aromatic heterocycles. The first kappa shape index (κ1) is 18.7. The van der Waals surface area contributed by atoms with Crippen molar-refractivity contribution in [2.75, 3.05) is 0 Å². The van der Waals surface area contributed by atoms with Crippen LogP contribution in [0.1, 0.15) is 60.8 Å². The van der Waals surface area contributed by atoms with Crippen LogP contribution in [0.25, 0.3) is 0 Å². The Hall–Kier alpha value is -1.63. The Morgan fingerprint density at radius 3 is 2.79 bits per heavy atom. The molecule has 0 saturated heterocycles. The number of hydrogen-bond acceptors (Lipinski definition) is 1. The average Bonchev–Trinajstić information content (AvgIpc) is 2.58. The highest BCUT2D eigenvalue weighted by Crippen LogP contribution is 2.42. The second-order valence-electron chi connectivity index (χ2n) is 7.55. The second-order valence-corrected chi connectivity index (χ2v) is 7.55. The maximum atomic E-state index is 5.03. The zero-order chi connectivity index (χ0) is 17.7. The topological polar surface area (TPSA) is 12.4 Å². The minimum atomic E-state index is 0.182. The molecule has 2 aliphatic rings. The van der Waals surface area contributed by atoms with Gasteiger partial charge in [-0.2, -0.15) is 0 Å². The van der Waals surface area contributed by atoms with Crippen molar-refractivity contribution in [3.8, 4) is 0 Å². The van der Waals surface area contributed by atoms with E-state index in [-0.39, 0.29) is 5.41 Å². The molecule has 3 atom stereocenters. The third kappa shape index (κ3) is 4.06. The van der Waals surface area contributed by atoms with E-state index in [9.17, 15) is 0 Å². The summed E-state index contributed by atoms with van der Waals surface area (Å²) in [4.78, 5) is 5.03. The Bertz CT molecular complexity index is 639. The quantitative estimate of drug-likeness (QED) is 0.389. The molecule has 0 spiro atoms. The van der Waals surface area contributed by atoms with E-state index in [0.717, 1.165) is 25.0 Å². The maximum Gasteiger partial charge on any atom is 0.0621 e. The lowest BCUT2D eigenvalue weighted by Crippen LogP contribution is -2.29. The first-order valence-corrected chi connectivity index (χ1v) is 9.36. The summed E-state index contributed by atoms with van der Waals surface area (Å²) in [5, 5.41) is 0. The molecule has 1 nitrogen and oxygen atoms in total. The van der Waals surface area contributed by atoms with E-state index in [2.05, 4.69) is 84.1 Å². The maximum absolute atomic E-state index is 5.03. The predicted molar refractivity (Wildman–Crippen MR) is 107 cm³/mol. The molecule has 0 saturated carbocycles. The van der Waals surface area contributed by atoms with Gasteiger partial charge in [-0.15, -0.1) is 0 Å². The van der Waals surface area contributed by atoms with Gasteiger partial charge in [-0.3, -0.25) is 4.99 Å². The fourth-order valence-electron chi connectivity index (χ4n) is 3.79. The summed E-state index contributed by atoms with van der Waals surface area (Å²) in [6.45, 7) is 13.4. The Morgan fingerprint density at radius 1 is 1.38 bits per heavy atom. The van der Waals surface area contributed by atoms with E-state index in [1.807, 2.05) is 0 Å². The van der Waals surface area contributed by atoms with Crippen LogP contribution in [0.4, 0.5) is 0 Å². The van der Waals surface area contributed by atoms with Gasteiger partial charge in [0.2, 0.25) is 0 Å². The summed E-state index contributed by atoms with van der Waals surface area (Å²) in [5.41, 5.74) is 5.21. The van der Waals surface area contributed by atoms with Gasteiger partial charge in [0, 0.05) is 5.71 Å². The molecular weight excluding hydrogens is 290 g/mol. The molecule has 0 bridgehead atoms. The summed E-state index contributed by atoms with van der Waals surface area (Å²) in [6, 6.07) is 0. The van der Waals surface area contributed by atoms with Crippen molar-refractivity contribution in [1.29, 1.82) is 0 Å². The molecule has 2 aliphatic carbocycles. The zero-order valence-electron chi connectivity index (χ0n) is 16.3. The highest BCUT2D eigenvalue weighted by Gasteiger charge is 2.33. The van der Waals surface area contributed by atoms with Crippen LogP contribution in [-0.2, 0) is 0 Å². The molecule has 0 aromatic rings. The molecule has 24 heavy (non-hydrogen) atoms. The molecular formula is C23H33N. The van der Waals surface area contributed by atoms with Crippen LogP contribution in [0.15, 0.2) is 64.4 Å². The first-order chi connectivity index (χ1) is 11.4. The molecule has 0 aliphatic heterocycles. The van der Waals surface area contributed by atoms with E-state index in [0.29, 0.717) is 11.8 Å². The fourth-order valence-corrected chi connectivity index (χ4v) is 3.79. The molecule has 0 aromatic carbocycles.